The maximum atomic E-state index is 13.2. The molecular formula is C19H23F3N2O4. The van der Waals surface area contributed by atoms with Crippen molar-refractivity contribution in [1.82, 2.24) is 5.32 Å². The van der Waals surface area contributed by atoms with Gasteiger partial charge in [0, 0.05) is 25.0 Å². The van der Waals surface area contributed by atoms with Gasteiger partial charge in [0.1, 0.15) is 5.58 Å². The maximum absolute atomic E-state index is 13.2. The molecule has 2 aliphatic heterocycles. The van der Waals surface area contributed by atoms with Gasteiger partial charge in [0.25, 0.3) is 0 Å². The van der Waals surface area contributed by atoms with Crippen molar-refractivity contribution < 1.29 is 32.2 Å². The molecule has 0 bridgehead atoms. The summed E-state index contributed by atoms with van der Waals surface area (Å²) in [4.78, 5) is 1.95. The Labute approximate surface area is 160 Å². The minimum Gasteiger partial charge on any atom is -0.455 e. The lowest BCUT2D eigenvalue weighted by Gasteiger charge is -2.30. The van der Waals surface area contributed by atoms with Gasteiger partial charge < -0.3 is 23.9 Å². The molecule has 1 saturated heterocycles. The number of fused-ring (bicyclic) bond motifs is 3. The molecule has 1 aromatic heterocycles. The van der Waals surface area contributed by atoms with Crippen molar-refractivity contribution in [3.8, 4) is 0 Å². The third-order valence-electron chi connectivity index (χ3n) is 5.15. The van der Waals surface area contributed by atoms with Crippen molar-refractivity contribution in [2.45, 2.75) is 38.0 Å². The highest BCUT2D eigenvalue weighted by atomic mass is 19.4. The molecule has 6 nitrogen and oxygen atoms in total. The number of nitrogens with zero attached hydrogens (tertiary/aromatic N) is 1. The van der Waals surface area contributed by atoms with E-state index in [1.165, 1.54) is 6.07 Å². The van der Waals surface area contributed by atoms with Gasteiger partial charge in [-0.1, -0.05) is 0 Å². The van der Waals surface area contributed by atoms with Crippen molar-refractivity contribution in [2.75, 3.05) is 37.7 Å². The van der Waals surface area contributed by atoms with Crippen LogP contribution in [0.4, 0.5) is 18.9 Å². The lowest BCUT2D eigenvalue weighted by molar-refractivity contribution is -0.137. The van der Waals surface area contributed by atoms with Crippen molar-refractivity contribution in [2.24, 2.45) is 0 Å². The Morgan fingerprint density at radius 3 is 2.79 bits per heavy atom. The number of furan rings is 1. The number of anilines is 1. The smallest absolute Gasteiger partial charge is 0.416 e. The van der Waals surface area contributed by atoms with Crippen LogP contribution in [0.3, 0.4) is 0 Å². The van der Waals surface area contributed by atoms with Gasteiger partial charge in [0.05, 0.1) is 36.7 Å². The summed E-state index contributed by atoms with van der Waals surface area (Å²) >= 11 is 0. The van der Waals surface area contributed by atoms with Gasteiger partial charge in [-0.05, 0) is 31.5 Å². The van der Waals surface area contributed by atoms with E-state index in [-0.39, 0.29) is 18.0 Å². The predicted octanol–water partition coefficient (Wildman–Crippen LogP) is 3.05. The number of rotatable bonds is 3. The molecule has 0 spiro atoms. The zero-order valence-electron chi connectivity index (χ0n) is 15.5. The Hall–Kier alpha value is -1.81. The molecule has 154 valence electrons. The first-order valence-corrected chi connectivity index (χ1v) is 9.36. The lowest BCUT2D eigenvalue weighted by Crippen LogP contribution is -2.38. The highest BCUT2D eigenvalue weighted by Gasteiger charge is 2.34. The fourth-order valence-electron chi connectivity index (χ4n) is 3.66. The Bertz CT molecular complexity index is 830. The molecule has 4 rings (SSSR count). The first kappa shape index (κ1) is 19.5. The van der Waals surface area contributed by atoms with Gasteiger partial charge in [0.2, 0.25) is 0 Å². The van der Waals surface area contributed by atoms with E-state index in [0.29, 0.717) is 55.9 Å². The van der Waals surface area contributed by atoms with Crippen molar-refractivity contribution >= 4 is 16.7 Å². The van der Waals surface area contributed by atoms with Gasteiger partial charge in [-0.3, -0.25) is 5.32 Å². The monoisotopic (exact) mass is 400 g/mol. The largest absolute Gasteiger partial charge is 0.455 e. The molecule has 0 saturated carbocycles. The highest BCUT2D eigenvalue weighted by molar-refractivity contribution is 5.94. The second-order valence-corrected chi connectivity index (χ2v) is 7.26. The molecule has 2 aliphatic rings. The van der Waals surface area contributed by atoms with Crippen LogP contribution in [0.15, 0.2) is 22.6 Å². The maximum Gasteiger partial charge on any atom is 0.416 e. The second kappa shape index (κ2) is 7.55. The van der Waals surface area contributed by atoms with E-state index in [9.17, 15) is 18.3 Å². The fourth-order valence-corrected chi connectivity index (χ4v) is 3.66. The number of hydrogen-bond donors (Lipinski definition) is 2. The third kappa shape index (κ3) is 3.84. The highest BCUT2D eigenvalue weighted by Crippen LogP contribution is 2.41. The van der Waals surface area contributed by atoms with E-state index in [1.54, 1.807) is 0 Å². The van der Waals surface area contributed by atoms with Crippen LogP contribution in [-0.4, -0.2) is 50.2 Å². The molecule has 0 amide bonds. The van der Waals surface area contributed by atoms with Crippen LogP contribution < -0.4 is 10.2 Å². The van der Waals surface area contributed by atoms with Crippen molar-refractivity contribution in [1.29, 1.82) is 0 Å². The normalized spacial score (nSPS) is 26.3. The summed E-state index contributed by atoms with van der Waals surface area (Å²) < 4.78 is 56.7. The number of hydrogen-bond acceptors (Lipinski definition) is 6. The molecule has 28 heavy (non-hydrogen) atoms. The van der Waals surface area contributed by atoms with Crippen LogP contribution >= 0.6 is 0 Å². The van der Waals surface area contributed by atoms with Crippen LogP contribution in [0.2, 0.25) is 0 Å². The van der Waals surface area contributed by atoms with Crippen LogP contribution in [0.1, 0.15) is 30.9 Å². The molecule has 0 radical (unpaired) electrons. The van der Waals surface area contributed by atoms with E-state index in [0.717, 1.165) is 12.1 Å². The molecule has 1 unspecified atom stereocenters. The number of ether oxygens (including phenoxy) is 2. The fraction of sp³-hybridized carbons (Fsp3) is 0.579. The predicted molar refractivity (Wildman–Crippen MR) is 96.2 cm³/mol. The van der Waals surface area contributed by atoms with Gasteiger partial charge in [0.15, 0.2) is 12.0 Å². The molecule has 1 aromatic carbocycles. The summed E-state index contributed by atoms with van der Waals surface area (Å²) in [6, 6.07) is 3.38. The van der Waals surface area contributed by atoms with E-state index in [4.69, 9.17) is 13.9 Å². The zero-order chi connectivity index (χ0) is 19.9. The number of alkyl halides is 3. The van der Waals surface area contributed by atoms with Crippen LogP contribution in [0.5, 0.6) is 0 Å². The molecular weight excluding hydrogens is 377 g/mol. The van der Waals surface area contributed by atoms with Gasteiger partial charge in [-0.25, -0.2) is 0 Å². The van der Waals surface area contributed by atoms with Crippen molar-refractivity contribution in [3.63, 3.8) is 0 Å². The Morgan fingerprint density at radius 1 is 1.25 bits per heavy atom. The summed E-state index contributed by atoms with van der Waals surface area (Å²) in [5.41, 5.74) is 0.0776. The van der Waals surface area contributed by atoms with E-state index in [2.05, 4.69) is 5.32 Å². The minimum absolute atomic E-state index is 0.0651. The first-order chi connectivity index (χ1) is 13.3. The molecule has 2 N–H and O–H groups in total. The van der Waals surface area contributed by atoms with Gasteiger partial charge >= 0.3 is 6.18 Å². The van der Waals surface area contributed by atoms with Gasteiger partial charge in [-0.2, -0.15) is 13.2 Å². The molecule has 2 aromatic rings. The number of aliphatic hydroxyl groups excluding tert-OH is 1. The second-order valence-electron chi connectivity index (χ2n) is 7.26. The van der Waals surface area contributed by atoms with E-state index in [1.807, 2.05) is 11.8 Å². The number of benzene rings is 1. The molecule has 0 aliphatic carbocycles. The van der Waals surface area contributed by atoms with Crippen LogP contribution in [0, 0.1) is 0 Å². The summed E-state index contributed by atoms with van der Waals surface area (Å²) in [6.07, 6.45) is -4.86. The average molecular weight is 400 g/mol. The zero-order valence-corrected chi connectivity index (χ0v) is 15.5. The third-order valence-corrected chi connectivity index (χ3v) is 5.15. The Balaban J connectivity index is 1.64. The van der Waals surface area contributed by atoms with E-state index < -0.39 is 18.0 Å². The van der Waals surface area contributed by atoms with Crippen molar-refractivity contribution in [3.05, 3.63) is 29.5 Å². The topological polar surface area (TPSA) is 67.1 Å². The molecule has 1 fully saturated rings. The summed E-state index contributed by atoms with van der Waals surface area (Å²) in [5.74, 6) is 0.237. The first-order valence-electron chi connectivity index (χ1n) is 9.36. The average Bonchev–Trinajstić information content (AvgIpc) is 2.96. The van der Waals surface area contributed by atoms with Crippen LogP contribution in [-0.2, 0) is 15.7 Å². The lowest BCUT2D eigenvalue weighted by atomic mass is 10.1. The SMILES string of the molecule is C[C@H]1CO[C@H](CCN2CCNC(O)c3oc4ccc(C(F)(F)F)cc4c32)CO1. The number of halogens is 3. The summed E-state index contributed by atoms with van der Waals surface area (Å²) in [7, 11) is 0. The van der Waals surface area contributed by atoms with E-state index >= 15 is 0 Å². The quantitative estimate of drug-likeness (QED) is 0.826. The minimum atomic E-state index is -4.45. The standard InChI is InChI=1S/C19H23F3N2O4/c1-11-9-27-13(10-26-11)4-6-24-7-5-23-18(25)17-16(24)14-8-12(19(20,21)22)2-3-15(14)28-17/h2-3,8,11,13,18,23,25H,4-7,9-10H2,1H3/t11-,13+,18?/m0/s1. The molecule has 9 heteroatoms. The van der Waals surface area contributed by atoms with Gasteiger partial charge in [-0.15, -0.1) is 0 Å². The van der Waals surface area contributed by atoms with Crippen LogP contribution in [0.25, 0.3) is 11.0 Å². The number of aliphatic hydroxyl groups is 1. The Kier molecular flexibility index (Phi) is 5.26. The summed E-state index contributed by atoms with van der Waals surface area (Å²) in [5, 5.41) is 13.6. The summed E-state index contributed by atoms with van der Waals surface area (Å²) in [6.45, 7) is 4.52. The molecule has 3 heterocycles. The Morgan fingerprint density at radius 2 is 2.07 bits per heavy atom. The number of nitrogens with one attached hydrogen (secondary N) is 1. The molecule has 3 atom stereocenters.